The topological polar surface area (TPSA) is 78.9 Å². The van der Waals surface area contributed by atoms with Gasteiger partial charge in [0.15, 0.2) is 0 Å². The number of esters is 3. The molecule has 0 unspecified atom stereocenters. The van der Waals surface area contributed by atoms with E-state index < -0.39 is 23.7 Å². The molecule has 2 aromatic rings. The maximum atomic E-state index is 14.5. The van der Waals surface area contributed by atoms with Crippen molar-refractivity contribution < 1.29 is 33.0 Å². The summed E-state index contributed by atoms with van der Waals surface area (Å²) < 4.78 is 29.5. The van der Waals surface area contributed by atoms with Crippen molar-refractivity contribution in [1.82, 2.24) is 0 Å². The van der Waals surface area contributed by atoms with Crippen LogP contribution in [0, 0.1) is 12.7 Å². The van der Waals surface area contributed by atoms with E-state index in [-0.39, 0.29) is 29.9 Å². The zero-order valence-electron chi connectivity index (χ0n) is 17.6. The van der Waals surface area contributed by atoms with Crippen molar-refractivity contribution >= 4 is 17.9 Å². The molecule has 162 valence electrons. The van der Waals surface area contributed by atoms with E-state index in [2.05, 4.69) is 13.2 Å². The lowest BCUT2D eigenvalue weighted by Crippen LogP contribution is -2.15. The minimum absolute atomic E-state index is 0.154. The Bertz CT molecular complexity index is 1050. The fourth-order valence-corrected chi connectivity index (χ4v) is 2.46. The molecule has 6 nitrogen and oxygen atoms in total. The Morgan fingerprint density at radius 3 is 2.03 bits per heavy atom. The molecule has 0 bridgehead atoms. The molecule has 31 heavy (non-hydrogen) atoms. The number of rotatable bonds is 8. The van der Waals surface area contributed by atoms with Crippen LogP contribution in [0.5, 0.6) is 5.75 Å². The molecular formula is C24H23FO6. The minimum atomic E-state index is -0.867. The number of hydrogen-bond donors (Lipinski definition) is 0. The molecule has 0 fully saturated rings. The maximum absolute atomic E-state index is 14.5. The van der Waals surface area contributed by atoms with E-state index in [1.807, 2.05) is 0 Å². The largest absolute Gasteiger partial charge is 0.459 e. The summed E-state index contributed by atoms with van der Waals surface area (Å²) in [4.78, 5) is 35.0. The molecule has 0 aromatic heterocycles. The van der Waals surface area contributed by atoms with Gasteiger partial charge < -0.3 is 14.2 Å². The highest BCUT2D eigenvalue weighted by atomic mass is 19.1. The molecule has 0 aliphatic carbocycles. The molecule has 0 aliphatic heterocycles. The van der Waals surface area contributed by atoms with Crippen molar-refractivity contribution in [3.8, 4) is 16.9 Å². The Morgan fingerprint density at radius 1 is 0.871 bits per heavy atom. The van der Waals surface area contributed by atoms with E-state index >= 15 is 0 Å². The van der Waals surface area contributed by atoms with Crippen molar-refractivity contribution in [2.45, 2.75) is 20.8 Å². The fraction of sp³-hybridized carbons (Fsp3) is 0.208. The highest BCUT2D eigenvalue weighted by Gasteiger charge is 2.15. The average Bonchev–Trinajstić information content (AvgIpc) is 2.71. The predicted octanol–water partition coefficient (Wildman–Crippen LogP) is 4.56. The highest BCUT2D eigenvalue weighted by molar-refractivity contribution is 5.91. The second-order valence-corrected chi connectivity index (χ2v) is 6.90. The third kappa shape index (κ3) is 6.37. The lowest BCUT2D eigenvalue weighted by Gasteiger charge is -2.11. The summed E-state index contributed by atoms with van der Waals surface area (Å²) in [6.45, 7) is 11.4. The summed E-state index contributed by atoms with van der Waals surface area (Å²) in [6, 6.07) is 9.14. The smallest absolute Gasteiger partial charge is 0.341 e. The molecule has 2 rings (SSSR count). The Morgan fingerprint density at radius 2 is 1.45 bits per heavy atom. The second-order valence-electron chi connectivity index (χ2n) is 6.90. The molecule has 0 saturated carbocycles. The number of ether oxygens (including phenoxy) is 3. The van der Waals surface area contributed by atoms with Gasteiger partial charge in [-0.05, 0) is 61.7 Å². The molecule has 0 aliphatic rings. The molecule has 2 aromatic carbocycles. The van der Waals surface area contributed by atoms with Gasteiger partial charge in [-0.3, -0.25) is 0 Å². The quantitative estimate of drug-likeness (QED) is 0.267. The first-order valence-corrected chi connectivity index (χ1v) is 9.38. The van der Waals surface area contributed by atoms with Crippen LogP contribution in [0.25, 0.3) is 11.1 Å². The molecule has 0 saturated heterocycles. The number of carbonyl (C=O) groups is 3. The lowest BCUT2D eigenvalue weighted by atomic mass is 10.0. The van der Waals surface area contributed by atoms with Gasteiger partial charge in [0, 0.05) is 11.1 Å². The summed E-state index contributed by atoms with van der Waals surface area (Å²) in [5, 5.41) is 0. The van der Waals surface area contributed by atoms with Gasteiger partial charge in [-0.25, -0.2) is 18.8 Å². The summed E-state index contributed by atoms with van der Waals surface area (Å²) in [7, 11) is 0. The van der Waals surface area contributed by atoms with Crippen molar-refractivity contribution in [2.24, 2.45) is 0 Å². The summed E-state index contributed by atoms with van der Waals surface area (Å²) in [5.74, 6) is -2.36. The van der Waals surface area contributed by atoms with E-state index in [0.29, 0.717) is 22.4 Å². The minimum Gasteiger partial charge on any atom is -0.459 e. The van der Waals surface area contributed by atoms with Crippen LogP contribution in [0.15, 0.2) is 60.7 Å². The Labute approximate surface area is 179 Å². The summed E-state index contributed by atoms with van der Waals surface area (Å²) in [5.41, 5.74) is 2.16. The molecule has 0 atom stereocenters. The van der Waals surface area contributed by atoms with Crippen molar-refractivity contribution in [3.05, 3.63) is 77.6 Å². The average molecular weight is 426 g/mol. The van der Waals surface area contributed by atoms with Crippen LogP contribution in [0.1, 0.15) is 29.8 Å². The number of benzene rings is 2. The molecule has 0 N–H and O–H groups in total. The first kappa shape index (κ1) is 23.5. The third-order valence-corrected chi connectivity index (χ3v) is 4.15. The van der Waals surface area contributed by atoms with Crippen molar-refractivity contribution in [2.75, 3.05) is 13.2 Å². The van der Waals surface area contributed by atoms with Crippen LogP contribution < -0.4 is 4.74 Å². The van der Waals surface area contributed by atoms with Gasteiger partial charge in [0.2, 0.25) is 0 Å². The normalized spacial score (nSPS) is 10.2. The molecular weight excluding hydrogens is 403 g/mol. The van der Waals surface area contributed by atoms with Crippen LogP contribution >= 0.6 is 0 Å². The molecule has 0 amide bonds. The van der Waals surface area contributed by atoms with Crippen LogP contribution in [-0.2, 0) is 19.1 Å². The standard InChI is InChI=1S/C24H23FO6/c1-14(2)22(26)29-10-11-30-24(28)19-8-6-18(13-20(19)25)17-7-9-21(16(5)12-17)31-23(27)15(3)4/h6-9,12-13H,1,3,10-11H2,2,4-5H3. The predicted molar refractivity (Wildman–Crippen MR) is 113 cm³/mol. The van der Waals surface area contributed by atoms with Crippen molar-refractivity contribution in [3.63, 3.8) is 0 Å². The number of halogens is 1. The molecule has 0 radical (unpaired) electrons. The molecule has 0 spiro atoms. The van der Waals surface area contributed by atoms with E-state index in [1.165, 1.54) is 19.1 Å². The van der Waals surface area contributed by atoms with Crippen LogP contribution in [0.2, 0.25) is 0 Å². The highest BCUT2D eigenvalue weighted by Crippen LogP contribution is 2.28. The Kier molecular flexibility index (Phi) is 7.85. The fourth-order valence-electron chi connectivity index (χ4n) is 2.46. The van der Waals surface area contributed by atoms with Gasteiger partial charge in [-0.2, -0.15) is 0 Å². The van der Waals surface area contributed by atoms with Crippen molar-refractivity contribution in [1.29, 1.82) is 0 Å². The number of aryl methyl sites for hydroxylation is 1. The monoisotopic (exact) mass is 426 g/mol. The Hall–Kier alpha value is -3.74. The Balaban J connectivity index is 2.06. The van der Waals surface area contributed by atoms with E-state index in [0.717, 1.165) is 0 Å². The van der Waals surface area contributed by atoms with Crippen LogP contribution in [-0.4, -0.2) is 31.1 Å². The van der Waals surface area contributed by atoms with E-state index in [1.54, 1.807) is 38.1 Å². The number of carbonyl (C=O) groups excluding carboxylic acids is 3. The third-order valence-electron chi connectivity index (χ3n) is 4.15. The SMILES string of the molecule is C=C(C)C(=O)OCCOC(=O)c1ccc(-c2ccc(OC(=O)C(=C)C)c(C)c2)cc1F. The van der Waals surface area contributed by atoms with Gasteiger partial charge in [0.05, 0.1) is 5.56 Å². The van der Waals surface area contributed by atoms with Crippen LogP contribution in [0.4, 0.5) is 4.39 Å². The molecule has 7 heteroatoms. The van der Waals surface area contributed by atoms with Gasteiger partial charge in [0.1, 0.15) is 24.8 Å². The van der Waals surface area contributed by atoms with Crippen LogP contribution in [0.3, 0.4) is 0 Å². The lowest BCUT2D eigenvalue weighted by molar-refractivity contribution is -0.140. The first-order valence-electron chi connectivity index (χ1n) is 9.38. The van der Waals surface area contributed by atoms with E-state index in [4.69, 9.17) is 14.2 Å². The first-order chi connectivity index (χ1) is 14.6. The van der Waals surface area contributed by atoms with Gasteiger partial charge >= 0.3 is 17.9 Å². The summed E-state index contributed by atoms with van der Waals surface area (Å²) in [6.07, 6.45) is 0. The number of hydrogen-bond acceptors (Lipinski definition) is 6. The second kappa shape index (κ2) is 10.3. The van der Waals surface area contributed by atoms with Gasteiger partial charge in [0.25, 0.3) is 0 Å². The molecule has 0 heterocycles. The zero-order valence-corrected chi connectivity index (χ0v) is 17.6. The van der Waals surface area contributed by atoms with E-state index in [9.17, 15) is 18.8 Å². The van der Waals surface area contributed by atoms with Gasteiger partial charge in [-0.15, -0.1) is 0 Å². The zero-order chi connectivity index (χ0) is 23.1. The maximum Gasteiger partial charge on any atom is 0.341 e. The summed E-state index contributed by atoms with van der Waals surface area (Å²) >= 11 is 0. The van der Waals surface area contributed by atoms with Gasteiger partial charge in [-0.1, -0.05) is 25.3 Å².